The molecule has 0 saturated heterocycles. The molecule has 18 heavy (non-hydrogen) atoms. The second-order valence-electron chi connectivity index (χ2n) is 5.81. The minimum Gasteiger partial charge on any atom is -0.380 e. The van der Waals surface area contributed by atoms with Gasteiger partial charge in [0.05, 0.1) is 6.10 Å². The predicted molar refractivity (Wildman–Crippen MR) is 78.1 cm³/mol. The number of ether oxygens (including phenoxy) is 1. The first-order valence-electron chi connectivity index (χ1n) is 7.61. The third-order valence-electron chi connectivity index (χ3n) is 4.43. The van der Waals surface area contributed by atoms with Crippen LogP contribution in [0.3, 0.4) is 0 Å². The van der Waals surface area contributed by atoms with Crippen molar-refractivity contribution in [2.24, 2.45) is 0 Å². The molecule has 0 aromatic heterocycles. The molecule has 0 aliphatic heterocycles. The van der Waals surface area contributed by atoms with Crippen molar-refractivity contribution in [2.75, 3.05) is 27.2 Å². The van der Waals surface area contributed by atoms with Crippen LogP contribution < -0.4 is 5.32 Å². The van der Waals surface area contributed by atoms with Crippen LogP contribution in [0, 0.1) is 0 Å². The van der Waals surface area contributed by atoms with Crippen molar-refractivity contribution < 1.29 is 4.74 Å². The molecule has 0 aromatic carbocycles. The summed E-state index contributed by atoms with van der Waals surface area (Å²) in [5, 5.41) is 3.54. The molecule has 108 valence electrons. The number of nitrogens with one attached hydrogen (secondary N) is 1. The summed E-state index contributed by atoms with van der Waals surface area (Å²) in [4.78, 5) is 2.56. The molecule has 1 aliphatic carbocycles. The quantitative estimate of drug-likeness (QED) is 0.676. The van der Waals surface area contributed by atoms with Gasteiger partial charge in [0.15, 0.2) is 0 Å². The van der Waals surface area contributed by atoms with Crippen molar-refractivity contribution in [3.05, 3.63) is 0 Å². The van der Waals surface area contributed by atoms with Gasteiger partial charge in [0, 0.05) is 19.2 Å². The van der Waals surface area contributed by atoms with Gasteiger partial charge in [-0.1, -0.05) is 19.3 Å². The average Bonchev–Trinajstić information content (AvgIpc) is 2.43. The van der Waals surface area contributed by atoms with E-state index in [9.17, 15) is 0 Å². The maximum Gasteiger partial charge on any atom is 0.0693 e. The van der Waals surface area contributed by atoms with Crippen LogP contribution in [0.15, 0.2) is 0 Å². The summed E-state index contributed by atoms with van der Waals surface area (Å²) in [5.74, 6) is 0. The van der Waals surface area contributed by atoms with Crippen molar-refractivity contribution >= 4 is 0 Å². The highest BCUT2D eigenvalue weighted by atomic mass is 16.5. The molecule has 2 unspecified atom stereocenters. The van der Waals surface area contributed by atoms with Crippen molar-refractivity contribution in [1.29, 1.82) is 0 Å². The molecule has 2 atom stereocenters. The number of methoxy groups -OCH3 is 1. The molecule has 0 spiro atoms. The lowest BCUT2D eigenvalue weighted by Crippen LogP contribution is -2.39. The molecule has 1 saturated carbocycles. The Hall–Kier alpha value is -0.120. The van der Waals surface area contributed by atoms with Gasteiger partial charge in [-0.05, 0) is 53.2 Å². The van der Waals surface area contributed by atoms with E-state index in [1.807, 2.05) is 0 Å². The lowest BCUT2D eigenvalue weighted by molar-refractivity contribution is 0.0881. The van der Waals surface area contributed by atoms with Crippen LogP contribution in [0.2, 0.25) is 0 Å². The van der Waals surface area contributed by atoms with Gasteiger partial charge in [0.2, 0.25) is 0 Å². The molecule has 3 heteroatoms. The van der Waals surface area contributed by atoms with E-state index in [0.717, 1.165) is 12.6 Å². The molecular formula is C15H32N2O. The molecule has 1 aliphatic rings. The van der Waals surface area contributed by atoms with Crippen molar-refractivity contribution in [3.63, 3.8) is 0 Å². The standard InChI is InChI=1S/C15H32N2O/c1-13(14(2)18-4)16-11-8-12-17(3)15-9-6-5-7-10-15/h13-16H,5-12H2,1-4H3. The van der Waals surface area contributed by atoms with E-state index >= 15 is 0 Å². The molecular weight excluding hydrogens is 224 g/mol. The second-order valence-corrected chi connectivity index (χ2v) is 5.81. The maximum absolute atomic E-state index is 5.31. The van der Waals surface area contributed by atoms with Gasteiger partial charge < -0.3 is 15.0 Å². The Kier molecular flexibility index (Phi) is 7.87. The van der Waals surface area contributed by atoms with Gasteiger partial charge in [-0.3, -0.25) is 0 Å². The van der Waals surface area contributed by atoms with Crippen LogP contribution >= 0.6 is 0 Å². The highest BCUT2D eigenvalue weighted by molar-refractivity contribution is 4.74. The Balaban J connectivity index is 2.06. The number of hydrogen-bond acceptors (Lipinski definition) is 3. The van der Waals surface area contributed by atoms with Gasteiger partial charge in [-0.15, -0.1) is 0 Å². The highest BCUT2D eigenvalue weighted by Gasteiger charge is 2.17. The van der Waals surface area contributed by atoms with Crippen LogP contribution in [0.25, 0.3) is 0 Å². The summed E-state index contributed by atoms with van der Waals surface area (Å²) < 4.78 is 5.31. The van der Waals surface area contributed by atoms with E-state index in [4.69, 9.17) is 4.74 Å². The van der Waals surface area contributed by atoms with Crippen LogP contribution in [0.4, 0.5) is 0 Å². The van der Waals surface area contributed by atoms with Crippen molar-refractivity contribution in [3.8, 4) is 0 Å². The van der Waals surface area contributed by atoms with E-state index in [-0.39, 0.29) is 0 Å². The zero-order chi connectivity index (χ0) is 13.4. The van der Waals surface area contributed by atoms with E-state index in [0.29, 0.717) is 12.1 Å². The molecule has 0 amide bonds. The molecule has 1 rings (SSSR count). The first-order valence-corrected chi connectivity index (χ1v) is 7.61. The third kappa shape index (κ3) is 5.68. The fourth-order valence-electron chi connectivity index (χ4n) is 2.73. The number of rotatable bonds is 8. The van der Waals surface area contributed by atoms with Gasteiger partial charge in [0.1, 0.15) is 0 Å². The van der Waals surface area contributed by atoms with Crippen LogP contribution in [0.1, 0.15) is 52.4 Å². The molecule has 3 nitrogen and oxygen atoms in total. The lowest BCUT2D eigenvalue weighted by Gasteiger charge is -2.31. The summed E-state index contributed by atoms with van der Waals surface area (Å²) in [6.45, 7) is 6.61. The minimum absolute atomic E-state index is 0.293. The molecule has 0 aromatic rings. The van der Waals surface area contributed by atoms with Gasteiger partial charge in [-0.25, -0.2) is 0 Å². The zero-order valence-electron chi connectivity index (χ0n) is 12.7. The lowest BCUT2D eigenvalue weighted by atomic mass is 9.94. The van der Waals surface area contributed by atoms with Gasteiger partial charge >= 0.3 is 0 Å². The van der Waals surface area contributed by atoms with Crippen molar-refractivity contribution in [2.45, 2.75) is 70.6 Å². The molecule has 0 heterocycles. The second kappa shape index (κ2) is 8.89. The fourth-order valence-corrected chi connectivity index (χ4v) is 2.73. The van der Waals surface area contributed by atoms with Crippen LogP contribution in [-0.2, 0) is 4.74 Å². The summed E-state index contributed by atoms with van der Waals surface area (Å²) in [5.41, 5.74) is 0. The molecule has 1 fully saturated rings. The minimum atomic E-state index is 0.293. The highest BCUT2D eigenvalue weighted by Crippen LogP contribution is 2.21. The largest absolute Gasteiger partial charge is 0.380 e. The van der Waals surface area contributed by atoms with Crippen molar-refractivity contribution in [1.82, 2.24) is 10.2 Å². The topological polar surface area (TPSA) is 24.5 Å². The van der Waals surface area contributed by atoms with Gasteiger partial charge in [0.25, 0.3) is 0 Å². The number of nitrogens with zero attached hydrogens (tertiary/aromatic N) is 1. The summed E-state index contributed by atoms with van der Waals surface area (Å²) in [6.07, 6.45) is 8.63. The van der Waals surface area contributed by atoms with E-state index in [1.54, 1.807) is 7.11 Å². The summed E-state index contributed by atoms with van der Waals surface area (Å²) in [7, 11) is 4.07. The molecule has 0 radical (unpaired) electrons. The maximum atomic E-state index is 5.31. The third-order valence-corrected chi connectivity index (χ3v) is 4.43. The first kappa shape index (κ1) is 15.9. The van der Waals surface area contributed by atoms with E-state index in [2.05, 4.69) is 31.1 Å². The number of hydrogen-bond donors (Lipinski definition) is 1. The monoisotopic (exact) mass is 256 g/mol. The Bertz CT molecular complexity index is 205. The molecule has 0 bridgehead atoms. The van der Waals surface area contributed by atoms with E-state index < -0.39 is 0 Å². The van der Waals surface area contributed by atoms with Gasteiger partial charge in [-0.2, -0.15) is 0 Å². The normalized spacial score (nSPS) is 21.2. The SMILES string of the molecule is COC(C)C(C)NCCCN(C)C1CCCCC1. The first-order chi connectivity index (χ1) is 8.65. The molecule has 1 N–H and O–H groups in total. The Morgan fingerprint density at radius 2 is 1.89 bits per heavy atom. The fraction of sp³-hybridized carbons (Fsp3) is 1.00. The average molecular weight is 256 g/mol. The Labute approximate surface area is 113 Å². The summed E-state index contributed by atoms with van der Waals surface area (Å²) >= 11 is 0. The Morgan fingerprint density at radius 3 is 2.50 bits per heavy atom. The van der Waals surface area contributed by atoms with Crippen LogP contribution in [0.5, 0.6) is 0 Å². The smallest absolute Gasteiger partial charge is 0.0693 e. The Morgan fingerprint density at radius 1 is 1.22 bits per heavy atom. The predicted octanol–water partition coefficient (Wildman–Crippen LogP) is 2.65. The van der Waals surface area contributed by atoms with Crippen LogP contribution in [-0.4, -0.2) is 50.3 Å². The van der Waals surface area contributed by atoms with E-state index in [1.165, 1.54) is 45.1 Å². The zero-order valence-corrected chi connectivity index (χ0v) is 12.7. The summed E-state index contributed by atoms with van der Waals surface area (Å²) in [6, 6.07) is 1.28.